The van der Waals surface area contributed by atoms with E-state index in [-0.39, 0.29) is 5.82 Å². The van der Waals surface area contributed by atoms with Crippen LogP contribution in [0.15, 0.2) is 54.0 Å². The van der Waals surface area contributed by atoms with Crippen molar-refractivity contribution in [3.8, 4) is 0 Å². The Balaban J connectivity index is 1.32. The molecule has 0 radical (unpaired) electrons. The number of likely N-dealkylation sites (tertiary alicyclic amines) is 1. The molecule has 9 heteroatoms. The molecule has 3 heterocycles. The smallest absolute Gasteiger partial charge is 0.155 e. The first-order valence-electron chi connectivity index (χ1n) is 12.6. The number of nitrogens with zero attached hydrogens (tertiary/aromatic N) is 5. The lowest BCUT2D eigenvalue weighted by molar-refractivity contribution is 0.0235. The first kappa shape index (κ1) is 26.9. The van der Waals surface area contributed by atoms with E-state index in [9.17, 15) is 4.39 Å². The van der Waals surface area contributed by atoms with Gasteiger partial charge in [-0.25, -0.2) is 9.37 Å². The van der Waals surface area contributed by atoms with E-state index >= 15 is 0 Å². The number of nitrogens with one attached hydrogen (secondary N) is 1. The molecule has 2 saturated heterocycles. The number of piperazine rings is 1. The Bertz CT molecular complexity index is 1090. The number of halogens is 3. The van der Waals surface area contributed by atoms with Gasteiger partial charge in [0.05, 0.1) is 5.03 Å². The average molecular weight is 534 g/mol. The highest BCUT2D eigenvalue weighted by atomic mass is 35.5. The minimum absolute atomic E-state index is 0.220. The van der Waals surface area contributed by atoms with Crippen LogP contribution in [0.2, 0.25) is 5.02 Å². The molecule has 2 aliphatic heterocycles. The molecule has 194 valence electrons. The van der Waals surface area contributed by atoms with Crippen LogP contribution in [0.25, 0.3) is 5.57 Å². The fourth-order valence-electron chi connectivity index (χ4n) is 5.26. The van der Waals surface area contributed by atoms with Gasteiger partial charge in [0.15, 0.2) is 5.82 Å². The highest BCUT2D eigenvalue weighted by molar-refractivity contribution is 6.32. The summed E-state index contributed by atoms with van der Waals surface area (Å²) in [5.41, 5.74) is 2.44. The van der Waals surface area contributed by atoms with Crippen LogP contribution in [0.5, 0.6) is 0 Å². The zero-order chi connectivity index (χ0) is 25.7. The molecule has 2 fully saturated rings. The van der Waals surface area contributed by atoms with Gasteiger partial charge in [-0.3, -0.25) is 14.9 Å². The highest BCUT2D eigenvalue weighted by Gasteiger charge is 2.33. The third-order valence-electron chi connectivity index (χ3n) is 7.37. The molecule has 0 spiro atoms. The highest BCUT2D eigenvalue weighted by Crippen LogP contribution is 2.29. The maximum absolute atomic E-state index is 14.2. The van der Waals surface area contributed by atoms with Crippen LogP contribution in [-0.4, -0.2) is 74.7 Å². The molecule has 1 atom stereocenters. The molecule has 0 unspecified atom stereocenters. The lowest BCUT2D eigenvalue weighted by atomic mass is 9.97. The van der Waals surface area contributed by atoms with Gasteiger partial charge in [-0.2, -0.15) is 5.10 Å². The molecule has 1 aromatic heterocycles. The molecule has 0 amide bonds. The van der Waals surface area contributed by atoms with Crippen molar-refractivity contribution < 1.29 is 4.39 Å². The van der Waals surface area contributed by atoms with Gasteiger partial charge < -0.3 is 4.90 Å². The topological polar surface area (TPSA) is 51.3 Å². The standard InChI is InChI=1S/C27H35Cl2FN6/c1-4-20(27-31-18-32-33-27)14-25(29)19(3)35-12-13-36(23(5-2)17-35)24-8-10-34(11-9-24)16-21-6-7-22(28)15-26(21)30/h4,6-7,14-15,18,23-24H,3,5,8-13,16-17H2,1-2H3,(H,31,32,33)/b20-4+,25-14+/t23-/m0/s1. The van der Waals surface area contributed by atoms with E-state index in [0.29, 0.717) is 40.1 Å². The van der Waals surface area contributed by atoms with Crippen molar-refractivity contribution in [1.82, 2.24) is 29.9 Å². The zero-order valence-electron chi connectivity index (χ0n) is 21.1. The first-order valence-corrected chi connectivity index (χ1v) is 13.4. The van der Waals surface area contributed by atoms with Crippen LogP contribution in [0.1, 0.15) is 44.5 Å². The lowest BCUT2D eigenvalue weighted by Gasteiger charge is -2.48. The van der Waals surface area contributed by atoms with Gasteiger partial charge in [0, 0.05) is 60.1 Å². The minimum atomic E-state index is -0.220. The average Bonchev–Trinajstić information content (AvgIpc) is 3.43. The molecule has 4 rings (SSSR count). The maximum atomic E-state index is 14.2. The summed E-state index contributed by atoms with van der Waals surface area (Å²) in [6.07, 6.45) is 8.60. The fourth-order valence-corrected chi connectivity index (χ4v) is 5.66. The van der Waals surface area contributed by atoms with E-state index in [4.69, 9.17) is 23.2 Å². The summed E-state index contributed by atoms with van der Waals surface area (Å²) >= 11 is 12.6. The molecule has 2 aromatic rings. The minimum Gasteiger partial charge on any atom is -0.368 e. The Morgan fingerprint density at radius 1 is 1.25 bits per heavy atom. The number of hydrogen-bond donors (Lipinski definition) is 1. The van der Waals surface area contributed by atoms with Crippen LogP contribution in [0.4, 0.5) is 4.39 Å². The Morgan fingerprint density at radius 2 is 2.03 bits per heavy atom. The van der Waals surface area contributed by atoms with Gasteiger partial charge in [-0.1, -0.05) is 48.8 Å². The molecular weight excluding hydrogens is 498 g/mol. The van der Waals surface area contributed by atoms with E-state index in [2.05, 4.69) is 43.4 Å². The second kappa shape index (κ2) is 12.4. The summed E-state index contributed by atoms with van der Waals surface area (Å²) in [5, 5.41) is 7.87. The van der Waals surface area contributed by atoms with Crippen molar-refractivity contribution in [3.63, 3.8) is 0 Å². The number of H-pyrrole nitrogens is 1. The molecular formula is C27H35Cl2FN6. The molecule has 0 aliphatic carbocycles. The summed E-state index contributed by atoms with van der Waals surface area (Å²) in [5.74, 6) is 0.465. The monoisotopic (exact) mass is 532 g/mol. The summed E-state index contributed by atoms with van der Waals surface area (Å²) in [6, 6.07) is 5.95. The Morgan fingerprint density at radius 3 is 2.67 bits per heavy atom. The molecule has 2 aliphatic rings. The number of aromatic amines is 1. The van der Waals surface area contributed by atoms with Crippen molar-refractivity contribution in [3.05, 3.63) is 76.2 Å². The Kier molecular flexibility index (Phi) is 9.23. The van der Waals surface area contributed by atoms with Crippen LogP contribution in [-0.2, 0) is 6.54 Å². The summed E-state index contributed by atoms with van der Waals surface area (Å²) in [6.45, 7) is 13.9. The Hall–Kier alpha value is -2.19. The van der Waals surface area contributed by atoms with Crippen molar-refractivity contribution in [2.24, 2.45) is 0 Å². The fraction of sp³-hybridized carbons (Fsp3) is 0.481. The lowest BCUT2D eigenvalue weighted by Crippen LogP contribution is -2.57. The van der Waals surface area contributed by atoms with Crippen LogP contribution in [0.3, 0.4) is 0 Å². The van der Waals surface area contributed by atoms with Gasteiger partial charge in [-0.15, -0.1) is 0 Å². The van der Waals surface area contributed by atoms with E-state index in [1.54, 1.807) is 12.1 Å². The third kappa shape index (κ3) is 6.38. The number of allylic oxidation sites excluding steroid dienone is 4. The van der Waals surface area contributed by atoms with Gasteiger partial charge in [-0.05, 0) is 57.5 Å². The van der Waals surface area contributed by atoms with E-state index in [0.717, 1.165) is 63.3 Å². The zero-order valence-corrected chi connectivity index (χ0v) is 22.6. The van der Waals surface area contributed by atoms with Gasteiger partial charge in [0.2, 0.25) is 0 Å². The van der Waals surface area contributed by atoms with Crippen LogP contribution >= 0.6 is 23.2 Å². The van der Waals surface area contributed by atoms with Crippen LogP contribution in [0, 0.1) is 5.82 Å². The van der Waals surface area contributed by atoms with Gasteiger partial charge in [0.25, 0.3) is 0 Å². The largest absolute Gasteiger partial charge is 0.368 e. The number of rotatable bonds is 8. The van der Waals surface area contributed by atoms with Gasteiger partial charge in [0.1, 0.15) is 12.1 Å². The third-order valence-corrected chi connectivity index (χ3v) is 7.94. The summed E-state index contributed by atoms with van der Waals surface area (Å²) in [4.78, 5) is 11.5. The quantitative estimate of drug-likeness (QED) is 0.442. The summed E-state index contributed by atoms with van der Waals surface area (Å²) in [7, 11) is 0. The van der Waals surface area contributed by atoms with E-state index in [1.165, 1.54) is 12.4 Å². The number of piperidine rings is 1. The number of benzene rings is 1. The second-order valence-corrected chi connectivity index (χ2v) is 10.3. The molecule has 0 saturated carbocycles. The number of aromatic nitrogens is 3. The van der Waals surface area contributed by atoms with Crippen molar-refractivity contribution in [2.45, 2.75) is 51.7 Å². The summed E-state index contributed by atoms with van der Waals surface area (Å²) < 4.78 is 14.2. The molecule has 1 N–H and O–H groups in total. The van der Waals surface area contributed by atoms with Gasteiger partial charge >= 0.3 is 0 Å². The predicted octanol–water partition coefficient (Wildman–Crippen LogP) is 5.70. The van der Waals surface area contributed by atoms with Crippen molar-refractivity contribution in [2.75, 3.05) is 32.7 Å². The molecule has 6 nitrogen and oxygen atoms in total. The molecule has 1 aromatic carbocycles. The molecule has 0 bridgehead atoms. The van der Waals surface area contributed by atoms with Crippen LogP contribution < -0.4 is 0 Å². The van der Waals surface area contributed by atoms with E-state index in [1.807, 2.05) is 19.1 Å². The predicted molar refractivity (Wildman–Crippen MR) is 145 cm³/mol. The van der Waals surface area contributed by atoms with Crippen molar-refractivity contribution >= 4 is 28.8 Å². The molecule has 36 heavy (non-hydrogen) atoms. The van der Waals surface area contributed by atoms with E-state index < -0.39 is 0 Å². The first-order chi connectivity index (χ1) is 17.4. The SMILES string of the molecule is C=C(/C(Cl)=C\C(=C/C)c1ncn[nH]1)N1CCN(C2CCN(Cc3ccc(Cl)cc3F)CC2)[C@@H](CC)C1. The number of hydrogen-bond acceptors (Lipinski definition) is 5. The normalized spacial score (nSPS) is 21.2. The second-order valence-electron chi connectivity index (χ2n) is 9.51. The maximum Gasteiger partial charge on any atom is 0.155 e. The van der Waals surface area contributed by atoms with Crippen molar-refractivity contribution in [1.29, 1.82) is 0 Å². The Labute approximate surface area is 223 Å².